The largest absolute Gasteiger partial charge is 1.00 e. The first-order valence-corrected chi connectivity index (χ1v) is 18.6. The minimum Gasteiger partial charge on any atom is -1.00 e. The molecule has 3 aromatic rings. The molecule has 1 aliphatic rings. The molecule has 0 heterocycles. The van der Waals surface area contributed by atoms with Crippen LogP contribution in [0.3, 0.4) is 0 Å². The van der Waals surface area contributed by atoms with Gasteiger partial charge < -0.3 is 37.2 Å². The molecule has 0 saturated heterocycles. The van der Waals surface area contributed by atoms with E-state index in [0.717, 1.165) is 12.8 Å². The zero-order chi connectivity index (χ0) is 30.1. The second-order valence-corrected chi connectivity index (χ2v) is 18.1. The molecule has 1 unspecified atom stereocenters. The van der Waals surface area contributed by atoms with E-state index in [1.54, 1.807) is 25.0 Å². The standard InChI is InChI=1S/C39H51Si.3ClH.Ti/c1-11-13-15-34-23-35(16-14-12-2)25-38(24-34)40(36-19-27(3)17-28(4)20-36,37-21-29(5)18-30(6)22-37)39(10)26-31(7)32(8)33(39)9;;;;/h17-25H,11-16H2,1-10H3;3*1H;/q;;;;+3/p-3. The maximum absolute atomic E-state index is 2.71. The van der Waals surface area contributed by atoms with Gasteiger partial charge in [-0.1, -0.05) is 0 Å². The fourth-order valence-corrected chi connectivity index (χ4v) is 15.7. The molecule has 5 heteroatoms. The van der Waals surface area contributed by atoms with Gasteiger partial charge in [0, 0.05) is 0 Å². The monoisotopic (exact) mass is 700 g/mol. The summed E-state index contributed by atoms with van der Waals surface area (Å²) in [5.41, 5.74) is 13.1. The average Bonchev–Trinajstić information content (AvgIpc) is 3.06. The number of allylic oxidation sites excluding steroid dienone is 4. The van der Waals surface area contributed by atoms with E-state index in [1.807, 2.05) is 0 Å². The van der Waals surface area contributed by atoms with Crippen LogP contribution in [0.5, 0.6) is 0 Å². The predicted molar refractivity (Wildman–Crippen MR) is 180 cm³/mol. The van der Waals surface area contributed by atoms with Gasteiger partial charge in [0.05, 0.1) is 0 Å². The first kappa shape index (κ1) is 41.0. The predicted octanol–water partition coefficient (Wildman–Crippen LogP) is 0.0188. The van der Waals surface area contributed by atoms with Crippen LogP contribution in [0.15, 0.2) is 75.2 Å². The average molecular weight is 702 g/mol. The van der Waals surface area contributed by atoms with Crippen LogP contribution < -0.4 is 52.8 Å². The third-order valence-electron chi connectivity index (χ3n) is 9.93. The summed E-state index contributed by atoms with van der Waals surface area (Å²) in [5.74, 6) is 0. The van der Waals surface area contributed by atoms with Gasteiger partial charge >= 0.3 is 265 Å². The third kappa shape index (κ3) is 7.40. The minimum atomic E-state index is -2.71. The molecule has 1 atom stereocenters. The van der Waals surface area contributed by atoms with Gasteiger partial charge in [0.25, 0.3) is 0 Å². The van der Waals surface area contributed by atoms with Crippen LogP contribution in [0.1, 0.15) is 101 Å². The van der Waals surface area contributed by atoms with E-state index in [4.69, 9.17) is 0 Å². The molecular formula is C39H51Cl3SiTi. The minimum absolute atomic E-state index is 0. The number of hydrogen-bond donors (Lipinski definition) is 0. The Morgan fingerprint density at radius 2 is 0.909 bits per heavy atom. The van der Waals surface area contributed by atoms with Crippen molar-refractivity contribution >= 4 is 23.6 Å². The molecule has 236 valence electrons. The van der Waals surface area contributed by atoms with Gasteiger partial charge in [-0.2, -0.15) is 0 Å². The molecule has 3 aromatic carbocycles. The molecule has 0 nitrogen and oxygen atoms in total. The fourth-order valence-electron chi connectivity index (χ4n) is 7.65. The van der Waals surface area contributed by atoms with Crippen molar-refractivity contribution in [2.24, 2.45) is 0 Å². The smallest absolute Gasteiger partial charge is 1.00 e. The fraction of sp³-hybridized carbons (Fsp3) is 0.436. The van der Waals surface area contributed by atoms with Crippen LogP contribution in [0.2, 0.25) is 5.04 Å². The van der Waals surface area contributed by atoms with E-state index in [0.29, 0.717) is 0 Å². The Bertz CT molecular complexity index is 1380. The molecule has 4 rings (SSSR count). The summed E-state index contributed by atoms with van der Waals surface area (Å²) in [4.78, 5) is 0. The molecule has 0 saturated carbocycles. The summed E-state index contributed by atoms with van der Waals surface area (Å²) < 4.78 is 1.56. The summed E-state index contributed by atoms with van der Waals surface area (Å²) in [6.07, 6.45) is 7.26. The molecular weight excluding hydrogens is 651 g/mol. The van der Waals surface area contributed by atoms with Crippen molar-refractivity contribution < 1.29 is 57.7 Å². The van der Waals surface area contributed by atoms with E-state index < -0.39 is 8.07 Å². The summed E-state index contributed by atoms with van der Waals surface area (Å²) in [5, 5.41) is 4.62. The summed E-state index contributed by atoms with van der Waals surface area (Å²) in [6.45, 7) is 23.6. The Kier molecular flexibility index (Phi) is 15.5. The Hall–Kier alpha value is -1.06. The number of aryl methyl sites for hydroxylation is 6. The summed E-state index contributed by atoms with van der Waals surface area (Å²) in [6, 6.07) is 22.8. The Labute approximate surface area is 300 Å². The van der Waals surface area contributed by atoms with Gasteiger partial charge in [0.15, 0.2) is 0 Å². The number of benzene rings is 3. The van der Waals surface area contributed by atoms with E-state index in [-0.39, 0.29) is 42.3 Å². The molecule has 0 N–H and O–H groups in total. The van der Waals surface area contributed by atoms with Crippen LogP contribution in [0.25, 0.3) is 0 Å². The van der Waals surface area contributed by atoms with Gasteiger partial charge in [-0.3, -0.25) is 0 Å². The second-order valence-electron chi connectivity index (χ2n) is 13.1. The normalized spacial score (nSPS) is 16.5. The first-order chi connectivity index (χ1) is 19.4. The maximum atomic E-state index is 2.65. The van der Waals surface area contributed by atoms with Crippen LogP contribution in [0.4, 0.5) is 0 Å². The maximum Gasteiger partial charge on any atom is -1.00 e. The molecule has 0 spiro atoms. The number of halogens is 3. The topological polar surface area (TPSA) is 0 Å². The molecule has 0 fully saturated rings. The van der Waals surface area contributed by atoms with E-state index in [2.05, 4.69) is 144 Å². The van der Waals surface area contributed by atoms with Crippen molar-refractivity contribution in [2.75, 3.05) is 0 Å². The van der Waals surface area contributed by atoms with Crippen LogP contribution in [0, 0.1) is 27.7 Å². The molecule has 0 radical (unpaired) electrons. The quantitative estimate of drug-likeness (QED) is 0.207. The summed E-state index contributed by atoms with van der Waals surface area (Å²) in [7, 11) is -2.71. The van der Waals surface area contributed by atoms with Crippen molar-refractivity contribution in [3.05, 3.63) is 109 Å². The molecule has 0 aromatic heterocycles. The SMILES string of the molecule is CCCCc1cc(CCCC)cc([Si](c2cc(C)cc(C)c2)(c2cc(C)cc(C)c2)C2(C)C(C)=C(C)C(C)=[C]2[Ti+3])c1.[Cl-].[Cl-].[Cl-]. The molecule has 0 aliphatic heterocycles. The Balaban J connectivity index is 0.00000323. The van der Waals surface area contributed by atoms with Gasteiger partial charge in [-0.15, -0.1) is 0 Å². The second kappa shape index (κ2) is 16.7. The number of hydrogen-bond acceptors (Lipinski definition) is 0. The van der Waals surface area contributed by atoms with Crippen molar-refractivity contribution in [3.8, 4) is 0 Å². The zero-order valence-electron chi connectivity index (χ0n) is 28.6. The van der Waals surface area contributed by atoms with Gasteiger partial charge in [0.2, 0.25) is 0 Å². The zero-order valence-corrected chi connectivity index (χ0v) is 33.4. The van der Waals surface area contributed by atoms with E-state index >= 15 is 0 Å². The van der Waals surface area contributed by atoms with E-state index in [9.17, 15) is 0 Å². The molecule has 0 amide bonds. The van der Waals surface area contributed by atoms with Crippen LogP contribution in [-0.4, -0.2) is 8.07 Å². The third-order valence-corrected chi connectivity index (χ3v) is 17.3. The van der Waals surface area contributed by atoms with Crippen LogP contribution in [-0.2, 0) is 33.3 Å². The molecule has 44 heavy (non-hydrogen) atoms. The van der Waals surface area contributed by atoms with Crippen molar-refractivity contribution in [3.63, 3.8) is 0 Å². The van der Waals surface area contributed by atoms with Gasteiger partial charge in [0.1, 0.15) is 0 Å². The number of rotatable bonds is 10. The van der Waals surface area contributed by atoms with Crippen LogP contribution >= 0.6 is 0 Å². The molecule has 0 bridgehead atoms. The summed E-state index contributed by atoms with van der Waals surface area (Å²) >= 11 is 2.45. The Morgan fingerprint density at radius 3 is 1.23 bits per heavy atom. The van der Waals surface area contributed by atoms with Crippen molar-refractivity contribution in [1.29, 1.82) is 0 Å². The Morgan fingerprint density at radius 1 is 0.545 bits per heavy atom. The first-order valence-electron chi connectivity index (χ1n) is 15.8. The van der Waals surface area contributed by atoms with Gasteiger partial charge in [-0.05, 0) is 0 Å². The van der Waals surface area contributed by atoms with Crippen molar-refractivity contribution in [1.82, 2.24) is 0 Å². The molecule has 1 aliphatic carbocycles. The van der Waals surface area contributed by atoms with Crippen molar-refractivity contribution in [2.45, 2.75) is 113 Å². The van der Waals surface area contributed by atoms with E-state index in [1.165, 1.54) is 70.2 Å². The van der Waals surface area contributed by atoms with Gasteiger partial charge in [-0.25, -0.2) is 0 Å². The number of unbranched alkanes of at least 4 members (excludes halogenated alkanes) is 2.